The van der Waals surface area contributed by atoms with Crippen LogP contribution >= 0.6 is 0 Å². The number of carbonyl (C=O) groups is 2. The molecule has 2 atom stereocenters. The molecule has 0 aromatic heterocycles. The Morgan fingerprint density at radius 3 is 2.61 bits per heavy atom. The maximum Gasteiger partial charge on any atom is 0.312 e. The van der Waals surface area contributed by atoms with Crippen molar-refractivity contribution in [3.8, 4) is 5.75 Å². The molecule has 5 nitrogen and oxygen atoms in total. The van der Waals surface area contributed by atoms with Crippen LogP contribution < -0.4 is 10.1 Å². The van der Waals surface area contributed by atoms with Gasteiger partial charge in [0.05, 0.1) is 13.2 Å². The van der Waals surface area contributed by atoms with Crippen LogP contribution in [0.4, 0.5) is 0 Å². The molecule has 1 aromatic rings. The molecule has 126 valence electrons. The SMILES string of the molecule is CCC1CCCCN1C(=O)C(=O)NC(C)c1ccc(OC)cc1. The number of nitrogens with one attached hydrogen (secondary N) is 1. The van der Waals surface area contributed by atoms with Crippen molar-refractivity contribution in [3.05, 3.63) is 29.8 Å². The molecule has 5 heteroatoms. The Labute approximate surface area is 138 Å². The fraction of sp³-hybridized carbons (Fsp3) is 0.556. The summed E-state index contributed by atoms with van der Waals surface area (Å²) in [6.07, 6.45) is 3.99. The Hall–Kier alpha value is -2.04. The Morgan fingerprint density at radius 1 is 1.30 bits per heavy atom. The van der Waals surface area contributed by atoms with Gasteiger partial charge in [0.15, 0.2) is 0 Å². The summed E-state index contributed by atoms with van der Waals surface area (Å²) >= 11 is 0. The van der Waals surface area contributed by atoms with Gasteiger partial charge in [-0.1, -0.05) is 19.1 Å². The number of nitrogens with zero attached hydrogens (tertiary/aromatic N) is 1. The van der Waals surface area contributed by atoms with Gasteiger partial charge in [-0.2, -0.15) is 0 Å². The number of hydrogen-bond donors (Lipinski definition) is 1. The third kappa shape index (κ3) is 4.24. The van der Waals surface area contributed by atoms with Crippen LogP contribution in [0.1, 0.15) is 51.1 Å². The van der Waals surface area contributed by atoms with Crippen molar-refractivity contribution >= 4 is 11.8 Å². The molecule has 0 bridgehead atoms. The molecular weight excluding hydrogens is 292 g/mol. The van der Waals surface area contributed by atoms with E-state index in [1.165, 1.54) is 0 Å². The molecule has 1 aromatic carbocycles. The maximum absolute atomic E-state index is 12.4. The molecule has 2 unspecified atom stereocenters. The van der Waals surface area contributed by atoms with E-state index in [1.807, 2.05) is 31.2 Å². The number of hydrogen-bond acceptors (Lipinski definition) is 3. The Balaban J connectivity index is 1.97. The van der Waals surface area contributed by atoms with Gasteiger partial charge in [0.1, 0.15) is 5.75 Å². The first-order valence-corrected chi connectivity index (χ1v) is 8.32. The zero-order valence-corrected chi connectivity index (χ0v) is 14.2. The second-order valence-corrected chi connectivity index (χ2v) is 6.02. The van der Waals surface area contributed by atoms with E-state index in [0.29, 0.717) is 6.54 Å². The molecule has 0 radical (unpaired) electrons. The van der Waals surface area contributed by atoms with Gasteiger partial charge in [-0.25, -0.2) is 0 Å². The zero-order valence-electron chi connectivity index (χ0n) is 14.2. The number of ether oxygens (including phenoxy) is 1. The first-order chi connectivity index (χ1) is 11.1. The molecule has 0 aliphatic carbocycles. The van der Waals surface area contributed by atoms with Crippen LogP contribution in [0.15, 0.2) is 24.3 Å². The summed E-state index contributed by atoms with van der Waals surface area (Å²) < 4.78 is 5.12. The molecule has 0 saturated carbocycles. The molecule has 1 N–H and O–H groups in total. The highest BCUT2D eigenvalue weighted by Gasteiger charge is 2.30. The second kappa shape index (κ2) is 7.99. The van der Waals surface area contributed by atoms with E-state index in [0.717, 1.165) is 37.0 Å². The largest absolute Gasteiger partial charge is 0.497 e. The summed E-state index contributed by atoms with van der Waals surface area (Å²) in [5, 5.41) is 2.80. The van der Waals surface area contributed by atoms with Gasteiger partial charge < -0.3 is 15.0 Å². The van der Waals surface area contributed by atoms with E-state index >= 15 is 0 Å². The number of likely N-dealkylation sites (tertiary alicyclic amines) is 1. The van der Waals surface area contributed by atoms with Gasteiger partial charge >= 0.3 is 11.8 Å². The average molecular weight is 318 g/mol. The molecule has 1 fully saturated rings. The van der Waals surface area contributed by atoms with Crippen LogP contribution in [0.25, 0.3) is 0 Å². The van der Waals surface area contributed by atoms with E-state index in [-0.39, 0.29) is 12.1 Å². The Kier molecular flexibility index (Phi) is 6.02. The molecule has 0 spiro atoms. The number of piperidine rings is 1. The number of carbonyl (C=O) groups excluding carboxylic acids is 2. The molecule has 1 aliphatic rings. The minimum Gasteiger partial charge on any atom is -0.497 e. The molecule has 2 amide bonds. The average Bonchev–Trinajstić information content (AvgIpc) is 2.60. The number of benzene rings is 1. The standard InChI is InChI=1S/C18H26N2O3/c1-4-15-7-5-6-12-20(15)18(22)17(21)19-13(2)14-8-10-16(23-3)11-9-14/h8-11,13,15H,4-7,12H2,1-3H3,(H,19,21). The summed E-state index contributed by atoms with van der Waals surface area (Å²) in [6, 6.07) is 7.45. The first kappa shape index (κ1) is 17.3. The van der Waals surface area contributed by atoms with Crippen molar-refractivity contribution in [1.82, 2.24) is 10.2 Å². The first-order valence-electron chi connectivity index (χ1n) is 8.32. The quantitative estimate of drug-likeness (QED) is 0.868. The van der Waals surface area contributed by atoms with Crippen molar-refractivity contribution in [2.45, 2.75) is 51.6 Å². The van der Waals surface area contributed by atoms with Crippen LogP contribution in [-0.4, -0.2) is 36.4 Å². The molecule has 2 rings (SSSR count). The van der Waals surface area contributed by atoms with Crippen molar-refractivity contribution < 1.29 is 14.3 Å². The van der Waals surface area contributed by atoms with Gasteiger partial charge in [-0.15, -0.1) is 0 Å². The number of amides is 2. The summed E-state index contributed by atoms with van der Waals surface area (Å²) in [5.74, 6) is -0.159. The van der Waals surface area contributed by atoms with Crippen LogP contribution in [-0.2, 0) is 9.59 Å². The Bertz CT molecular complexity index is 542. The maximum atomic E-state index is 12.4. The lowest BCUT2D eigenvalue weighted by molar-refractivity contribution is -0.148. The van der Waals surface area contributed by atoms with E-state index in [4.69, 9.17) is 4.74 Å². The summed E-state index contributed by atoms with van der Waals surface area (Å²) in [6.45, 7) is 4.62. The van der Waals surface area contributed by atoms with Crippen LogP contribution in [0, 0.1) is 0 Å². The third-order valence-corrected chi connectivity index (χ3v) is 4.52. The number of rotatable bonds is 4. The van der Waals surface area contributed by atoms with Crippen molar-refractivity contribution in [2.75, 3.05) is 13.7 Å². The second-order valence-electron chi connectivity index (χ2n) is 6.02. The van der Waals surface area contributed by atoms with E-state index in [2.05, 4.69) is 12.2 Å². The Morgan fingerprint density at radius 2 is 2.00 bits per heavy atom. The van der Waals surface area contributed by atoms with Crippen molar-refractivity contribution in [1.29, 1.82) is 0 Å². The van der Waals surface area contributed by atoms with Gasteiger partial charge in [-0.3, -0.25) is 9.59 Å². The van der Waals surface area contributed by atoms with Gasteiger partial charge in [-0.05, 0) is 50.3 Å². The summed E-state index contributed by atoms with van der Waals surface area (Å²) in [7, 11) is 1.61. The smallest absolute Gasteiger partial charge is 0.312 e. The van der Waals surface area contributed by atoms with E-state index in [1.54, 1.807) is 12.0 Å². The molecule has 23 heavy (non-hydrogen) atoms. The lowest BCUT2D eigenvalue weighted by Gasteiger charge is -2.34. The third-order valence-electron chi connectivity index (χ3n) is 4.52. The summed E-state index contributed by atoms with van der Waals surface area (Å²) in [4.78, 5) is 26.4. The predicted octanol–water partition coefficient (Wildman–Crippen LogP) is 2.66. The highest BCUT2D eigenvalue weighted by molar-refractivity contribution is 6.35. The van der Waals surface area contributed by atoms with Crippen LogP contribution in [0.5, 0.6) is 5.75 Å². The molecule has 1 aliphatic heterocycles. The normalized spacial score (nSPS) is 19.1. The number of methoxy groups -OCH3 is 1. The van der Waals surface area contributed by atoms with Gasteiger partial charge in [0.2, 0.25) is 0 Å². The fourth-order valence-corrected chi connectivity index (χ4v) is 3.06. The minimum atomic E-state index is -0.520. The molecule has 1 heterocycles. The van der Waals surface area contributed by atoms with Gasteiger partial charge in [0.25, 0.3) is 0 Å². The van der Waals surface area contributed by atoms with Crippen molar-refractivity contribution in [3.63, 3.8) is 0 Å². The van der Waals surface area contributed by atoms with Crippen LogP contribution in [0.3, 0.4) is 0 Å². The predicted molar refractivity (Wildman–Crippen MR) is 89.2 cm³/mol. The van der Waals surface area contributed by atoms with E-state index in [9.17, 15) is 9.59 Å². The minimum absolute atomic E-state index is 0.193. The van der Waals surface area contributed by atoms with Crippen LogP contribution in [0.2, 0.25) is 0 Å². The summed E-state index contributed by atoms with van der Waals surface area (Å²) in [5.41, 5.74) is 0.942. The highest BCUT2D eigenvalue weighted by atomic mass is 16.5. The lowest BCUT2D eigenvalue weighted by atomic mass is 10.00. The monoisotopic (exact) mass is 318 g/mol. The highest BCUT2D eigenvalue weighted by Crippen LogP contribution is 2.20. The topological polar surface area (TPSA) is 58.6 Å². The zero-order chi connectivity index (χ0) is 16.8. The molecule has 1 saturated heterocycles. The van der Waals surface area contributed by atoms with Gasteiger partial charge in [0, 0.05) is 12.6 Å². The lowest BCUT2D eigenvalue weighted by Crippen LogP contribution is -2.50. The van der Waals surface area contributed by atoms with Crippen molar-refractivity contribution in [2.24, 2.45) is 0 Å². The van der Waals surface area contributed by atoms with E-state index < -0.39 is 11.8 Å². The molecular formula is C18H26N2O3. The fourth-order valence-electron chi connectivity index (χ4n) is 3.06.